The molecule has 0 aliphatic carbocycles. The predicted octanol–water partition coefficient (Wildman–Crippen LogP) is 4.55. The van der Waals surface area contributed by atoms with Crippen LogP contribution in [0.1, 0.15) is 28.5 Å². The van der Waals surface area contributed by atoms with Crippen LogP contribution in [0.2, 0.25) is 0 Å². The van der Waals surface area contributed by atoms with Crippen molar-refractivity contribution < 1.29 is 19.1 Å². The first-order valence-electron chi connectivity index (χ1n) is 9.02. The fraction of sp³-hybridized carbons (Fsp3) is 0.136. The van der Waals surface area contributed by atoms with Gasteiger partial charge < -0.3 is 9.47 Å². The Bertz CT molecular complexity index is 999. The molecule has 0 fully saturated rings. The lowest BCUT2D eigenvalue weighted by atomic mass is 10.2. The Morgan fingerprint density at radius 3 is 2.76 bits per heavy atom. The first-order valence-corrected chi connectivity index (χ1v) is 9.90. The number of hydrogen-bond acceptors (Lipinski definition) is 6. The van der Waals surface area contributed by atoms with Gasteiger partial charge in [-0.15, -0.1) is 11.3 Å². The highest BCUT2D eigenvalue weighted by molar-refractivity contribution is 7.14. The number of benzene rings is 2. The number of aromatic nitrogens is 1. The first kappa shape index (κ1) is 20.3. The van der Waals surface area contributed by atoms with E-state index < -0.39 is 5.97 Å². The molecule has 0 aliphatic rings. The van der Waals surface area contributed by atoms with Gasteiger partial charge in [-0.1, -0.05) is 42.5 Å². The average molecular weight is 408 g/mol. The molecule has 0 radical (unpaired) electrons. The van der Waals surface area contributed by atoms with Gasteiger partial charge in [-0.25, -0.2) is 9.78 Å². The maximum Gasteiger partial charge on any atom is 0.357 e. The zero-order chi connectivity index (χ0) is 20.5. The minimum absolute atomic E-state index is 0.180. The van der Waals surface area contributed by atoms with Gasteiger partial charge in [0.05, 0.1) is 6.61 Å². The Morgan fingerprint density at radius 2 is 1.97 bits per heavy atom. The van der Waals surface area contributed by atoms with E-state index in [4.69, 9.17) is 9.47 Å². The van der Waals surface area contributed by atoms with Crippen molar-refractivity contribution in [2.75, 3.05) is 11.9 Å². The Kier molecular flexibility index (Phi) is 7.13. The van der Waals surface area contributed by atoms with Gasteiger partial charge in [0.1, 0.15) is 12.4 Å². The molecule has 0 saturated carbocycles. The van der Waals surface area contributed by atoms with E-state index in [1.54, 1.807) is 18.4 Å². The highest BCUT2D eigenvalue weighted by Crippen LogP contribution is 2.18. The van der Waals surface area contributed by atoms with Crippen LogP contribution in [0.25, 0.3) is 6.08 Å². The number of carbonyl (C=O) groups is 2. The summed E-state index contributed by atoms with van der Waals surface area (Å²) in [5.74, 6) is -0.132. The monoisotopic (exact) mass is 408 g/mol. The average Bonchev–Trinajstić information content (AvgIpc) is 3.21. The minimum atomic E-state index is -0.507. The number of nitrogens with zero attached hydrogens (tertiary/aromatic N) is 1. The molecule has 0 bridgehead atoms. The fourth-order valence-corrected chi connectivity index (χ4v) is 3.08. The van der Waals surface area contributed by atoms with Gasteiger partial charge in [0.25, 0.3) is 0 Å². The number of thiazole rings is 1. The molecule has 148 valence electrons. The van der Waals surface area contributed by atoms with Crippen molar-refractivity contribution in [1.29, 1.82) is 0 Å². The molecule has 29 heavy (non-hydrogen) atoms. The van der Waals surface area contributed by atoms with Crippen LogP contribution in [-0.2, 0) is 16.1 Å². The number of esters is 1. The van der Waals surface area contributed by atoms with E-state index in [9.17, 15) is 9.59 Å². The summed E-state index contributed by atoms with van der Waals surface area (Å²) < 4.78 is 10.7. The second-order valence-corrected chi connectivity index (χ2v) is 6.79. The maximum atomic E-state index is 12.1. The van der Waals surface area contributed by atoms with E-state index in [-0.39, 0.29) is 18.2 Å². The lowest BCUT2D eigenvalue weighted by Gasteiger charge is -2.06. The lowest BCUT2D eigenvalue weighted by Crippen LogP contribution is -2.09. The highest BCUT2D eigenvalue weighted by atomic mass is 32.1. The highest BCUT2D eigenvalue weighted by Gasteiger charge is 2.12. The molecular formula is C22H20N2O4S. The van der Waals surface area contributed by atoms with E-state index in [2.05, 4.69) is 10.3 Å². The third-order valence-corrected chi connectivity index (χ3v) is 4.51. The number of amides is 1. The quantitative estimate of drug-likeness (QED) is 0.437. The molecule has 7 heteroatoms. The zero-order valence-corrected chi connectivity index (χ0v) is 16.6. The summed E-state index contributed by atoms with van der Waals surface area (Å²) in [5, 5.41) is 4.52. The van der Waals surface area contributed by atoms with Crippen LogP contribution in [0.3, 0.4) is 0 Å². The van der Waals surface area contributed by atoms with Crippen molar-refractivity contribution in [3.63, 3.8) is 0 Å². The van der Waals surface area contributed by atoms with Gasteiger partial charge in [0.15, 0.2) is 10.8 Å². The summed E-state index contributed by atoms with van der Waals surface area (Å²) in [7, 11) is 0. The molecule has 1 heterocycles. The van der Waals surface area contributed by atoms with Crippen molar-refractivity contribution in [1.82, 2.24) is 4.98 Å². The van der Waals surface area contributed by atoms with Crippen molar-refractivity contribution in [3.8, 4) is 5.75 Å². The summed E-state index contributed by atoms with van der Waals surface area (Å²) in [5.41, 5.74) is 2.09. The smallest absolute Gasteiger partial charge is 0.357 e. The number of hydrogen-bond donors (Lipinski definition) is 1. The van der Waals surface area contributed by atoms with Crippen LogP contribution >= 0.6 is 11.3 Å². The minimum Gasteiger partial charge on any atom is -0.489 e. The second-order valence-electron chi connectivity index (χ2n) is 5.93. The van der Waals surface area contributed by atoms with Crippen LogP contribution in [-0.4, -0.2) is 23.5 Å². The summed E-state index contributed by atoms with van der Waals surface area (Å²) in [6.07, 6.45) is 3.09. The summed E-state index contributed by atoms with van der Waals surface area (Å²) in [4.78, 5) is 27.8. The number of carbonyl (C=O) groups excluding carboxylic acids is 2. The molecule has 1 amide bonds. The fourth-order valence-electron chi connectivity index (χ4n) is 2.40. The van der Waals surface area contributed by atoms with Gasteiger partial charge in [0.2, 0.25) is 5.91 Å². The molecular weight excluding hydrogens is 388 g/mol. The van der Waals surface area contributed by atoms with E-state index in [0.717, 1.165) is 28.2 Å². The lowest BCUT2D eigenvalue weighted by molar-refractivity contribution is -0.111. The Labute approximate surface area is 172 Å². The Hall–Kier alpha value is -3.45. The molecule has 1 N–H and O–H groups in total. The zero-order valence-electron chi connectivity index (χ0n) is 15.8. The molecule has 0 atom stereocenters. The van der Waals surface area contributed by atoms with Crippen LogP contribution < -0.4 is 10.1 Å². The maximum absolute atomic E-state index is 12.1. The van der Waals surface area contributed by atoms with E-state index in [1.165, 1.54) is 6.08 Å². The van der Waals surface area contributed by atoms with Crippen molar-refractivity contribution in [2.45, 2.75) is 13.5 Å². The summed E-state index contributed by atoms with van der Waals surface area (Å²) in [6, 6.07) is 17.4. The van der Waals surface area contributed by atoms with Crippen LogP contribution in [0.5, 0.6) is 5.75 Å². The summed E-state index contributed by atoms with van der Waals surface area (Å²) >= 11 is 1.16. The van der Waals surface area contributed by atoms with Crippen molar-refractivity contribution >= 4 is 34.4 Å². The van der Waals surface area contributed by atoms with Gasteiger partial charge >= 0.3 is 5.97 Å². The molecule has 0 saturated heterocycles. The number of anilines is 1. The summed E-state index contributed by atoms with van der Waals surface area (Å²) in [6.45, 7) is 2.47. The van der Waals surface area contributed by atoms with Gasteiger partial charge in [-0.3, -0.25) is 10.1 Å². The SMILES string of the molecule is CCOC(=O)c1csc(NC(=O)/C=C/c2cccc(OCc3ccccc3)c2)n1. The van der Waals surface area contributed by atoms with Gasteiger partial charge in [-0.2, -0.15) is 0 Å². The molecule has 2 aromatic carbocycles. The van der Waals surface area contributed by atoms with Crippen LogP contribution in [0, 0.1) is 0 Å². The Morgan fingerprint density at radius 1 is 1.14 bits per heavy atom. The van der Waals surface area contributed by atoms with Crippen molar-refractivity contribution in [2.24, 2.45) is 0 Å². The van der Waals surface area contributed by atoms with E-state index in [1.807, 2.05) is 54.6 Å². The Balaban J connectivity index is 1.55. The first-order chi connectivity index (χ1) is 14.1. The number of rotatable bonds is 8. The molecule has 3 rings (SSSR count). The molecule has 1 aromatic heterocycles. The topological polar surface area (TPSA) is 77.5 Å². The van der Waals surface area contributed by atoms with E-state index in [0.29, 0.717) is 11.7 Å². The predicted molar refractivity (Wildman–Crippen MR) is 113 cm³/mol. The standard InChI is InChI=1S/C22H20N2O4S/c1-2-27-21(26)19-15-29-22(23-19)24-20(25)12-11-16-9-6-10-18(13-16)28-14-17-7-4-3-5-8-17/h3-13,15H,2,14H2,1H3,(H,23,24,25)/b12-11+. The van der Waals surface area contributed by atoms with Crippen LogP contribution in [0.4, 0.5) is 5.13 Å². The normalized spacial score (nSPS) is 10.7. The van der Waals surface area contributed by atoms with Gasteiger partial charge in [0, 0.05) is 11.5 Å². The molecule has 0 spiro atoms. The number of ether oxygens (including phenoxy) is 2. The second kappa shape index (κ2) is 10.2. The van der Waals surface area contributed by atoms with Crippen LogP contribution in [0.15, 0.2) is 66.1 Å². The largest absolute Gasteiger partial charge is 0.489 e. The molecule has 0 unspecified atom stereocenters. The third kappa shape index (κ3) is 6.29. The molecule has 6 nitrogen and oxygen atoms in total. The third-order valence-electron chi connectivity index (χ3n) is 3.75. The molecule has 0 aliphatic heterocycles. The van der Waals surface area contributed by atoms with Crippen molar-refractivity contribution in [3.05, 3.63) is 82.9 Å². The van der Waals surface area contributed by atoms with E-state index >= 15 is 0 Å². The molecule has 3 aromatic rings. The van der Waals surface area contributed by atoms with Gasteiger partial charge in [-0.05, 0) is 36.3 Å². The number of nitrogens with one attached hydrogen (secondary N) is 1.